The molecule has 0 rings (SSSR count). The number of ether oxygens (including phenoxy) is 4. The molecule has 0 aliphatic carbocycles. The van der Waals surface area contributed by atoms with E-state index >= 15 is 0 Å². The van der Waals surface area contributed by atoms with Crippen molar-refractivity contribution in [3.8, 4) is 0 Å². The Bertz CT molecular complexity index is 1800. The van der Waals surface area contributed by atoms with Gasteiger partial charge in [-0.15, -0.1) is 0 Å². The highest BCUT2D eigenvalue weighted by Crippen LogP contribution is 2.23. The molecule has 16 heteroatoms. The number of unbranched alkanes of at least 4 members (excludes halogenated alkanes) is 32. The monoisotopic (exact) mass is 1470 g/mol. The standard InChI is InChI=1S/C44H86N2O5S.C41H78N2O5S/c1-7-11-15-19-23-30-40(31-24-20-16-12-8-2)50-42(47)34-27-37-46(44(49)52-39-29-36-45(5)6)38-28-35-43(48)51-41(32-25-21-17-13-9-3)33-26-22-18-14-10-4;1-6-9-12-15-16-19-28-36-47-39(44)31-24-20-26-33-43(41(46)49-37-35-42(4)5)34-27-21-25-32-40(45)48-38(29-22-17-13-10-7-2)30-23-18-14-11-8-3/h40-41H,7-39H2,1-6H3;19,28,38H,6-18,20-27,29-37H2,1-5H3/b;28-19-. The summed E-state index contributed by atoms with van der Waals surface area (Å²) < 4.78 is 23.4. The van der Waals surface area contributed by atoms with E-state index in [1.807, 2.05) is 44.1 Å². The van der Waals surface area contributed by atoms with E-state index in [1.165, 1.54) is 203 Å². The first-order valence-electron chi connectivity index (χ1n) is 42.6. The quantitative estimate of drug-likeness (QED) is 0.0246. The van der Waals surface area contributed by atoms with Crippen LogP contribution in [0.1, 0.15) is 395 Å². The van der Waals surface area contributed by atoms with Crippen molar-refractivity contribution >= 4 is 57.9 Å². The predicted molar refractivity (Wildman–Crippen MR) is 435 cm³/mol. The molecule has 101 heavy (non-hydrogen) atoms. The summed E-state index contributed by atoms with van der Waals surface area (Å²) in [4.78, 5) is 85.3. The van der Waals surface area contributed by atoms with Crippen molar-refractivity contribution in [2.75, 3.05) is 85.6 Å². The molecular weight excluding hydrogens is 1300 g/mol. The highest BCUT2D eigenvalue weighted by molar-refractivity contribution is 8.13. The van der Waals surface area contributed by atoms with Crippen LogP contribution in [0, 0.1) is 0 Å². The maximum atomic E-state index is 13.3. The molecule has 0 bridgehead atoms. The molecule has 2 amide bonds. The van der Waals surface area contributed by atoms with Gasteiger partial charge in [0.1, 0.15) is 24.9 Å². The summed E-state index contributed by atoms with van der Waals surface area (Å²) in [5, 5.41) is 0.164. The van der Waals surface area contributed by atoms with Gasteiger partial charge >= 0.3 is 23.9 Å². The van der Waals surface area contributed by atoms with Crippen LogP contribution in [0.25, 0.3) is 0 Å². The fourth-order valence-corrected chi connectivity index (χ4v) is 14.2. The zero-order valence-corrected chi connectivity index (χ0v) is 69.8. The third-order valence-electron chi connectivity index (χ3n) is 18.9. The van der Waals surface area contributed by atoms with E-state index in [9.17, 15) is 28.8 Å². The Balaban J connectivity index is 0. The highest BCUT2D eigenvalue weighted by Gasteiger charge is 2.21. The van der Waals surface area contributed by atoms with Crippen LogP contribution < -0.4 is 0 Å². The third-order valence-corrected chi connectivity index (χ3v) is 20.8. The van der Waals surface area contributed by atoms with Crippen LogP contribution in [0.4, 0.5) is 9.59 Å². The Kier molecular flexibility index (Phi) is 77.7. The molecule has 0 aliphatic rings. The molecule has 0 fully saturated rings. The van der Waals surface area contributed by atoms with Crippen molar-refractivity contribution in [2.45, 2.75) is 414 Å². The fourth-order valence-electron chi connectivity index (χ4n) is 12.4. The predicted octanol–water partition coefficient (Wildman–Crippen LogP) is 24.4. The normalized spacial score (nSPS) is 11.6. The maximum Gasteiger partial charge on any atom is 0.306 e. The molecule has 0 saturated heterocycles. The van der Waals surface area contributed by atoms with Crippen molar-refractivity contribution in [3.05, 3.63) is 12.2 Å². The summed E-state index contributed by atoms with van der Waals surface area (Å²) in [5.74, 6) is 1.04. The minimum Gasteiger partial charge on any atom is -0.462 e. The lowest BCUT2D eigenvalue weighted by Crippen LogP contribution is -2.31. The van der Waals surface area contributed by atoms with Gasteiger partial charge in [-0.2, -0.15) is 0 Å². The van der Waals surface area contributed by atoms with E-state index in [0.717, 1.165) is 153 Å². The molecule has 0 aromatic rings. The van der Waals surface area contributed by atoms with Crippen LogP contribution in [0.15, 0.2) is 12.2 Å². The van der Waals surface area contributed by atoms with Gasteiger partial charge in [0.05, 0.1) is 0 Å². The highest BCUT2D eigenvalue weighted by atomic mass is 32.2. The number of thioether (sulfide) groups is 2. The maximum absolute atomic E-state index is 13.3. The Hall–Kier alpha value is -2.82. The second-order valence-electron chi connectivity index (χ2n) is 29.5. The number of hydrogen-bond donors (Lipinski definition) is 0. The number of esters is 4. The van der Waals surface area contributed by atoms with E-state index in [1.54, 1.807) is 0 Å². The van der Waals surface area contributed by atoms with Crippen LogP contribution in [0.3, 0.4) is 0 Å². The lowest BCUT2D eigenvalue weighted by molar-refractivity contribution is -0.151. The molecule has 0 heterocycles. The van der Waals surface area contributed by atoms with Gasteiger partial charge in [0.15, 0.2) is 0 Å². The second-order valence-corrected chi connectivity index (χ2v) is 31.6. The average molecular weight is 1470 g/mol. The average Bonchev–Trinajstić information content (AvgIpc) is 1.19. The molecular formula is C85H164N4O10S2. The smallest absolute Gasteiger partial charge is 0.306 e. The van der Waals surface area contributed by atoms with Gasteiger partial charge in [0, 0.05) is 69.9 Å². The van der Waals surface area contributed by atoms with Crippen molar-refractivity contribution < 1.29 is 47.7 Å². The minimum atomic E-state index is -0.147. The van der Waals surface area contributed by atoms with E-state index in [2.05, 4.69) is 64.3 Å². The summed E-state index contributed by atoms with van der Waals surface area (Å²) >= 11 is 2.74. The van der Waals surface area contributed by atoms with Gasteiger partial charge in [-0.25, -0.2) is 0 Å². The van der Waals surface area contributed by atoms with Crippen LogP contribution >= 0.6 is 23.5 Å². The Morgan fingerprint density at radius 1 is 0.287 bits per heavy atom. The first-order chi connectivity index (χ1) is 49.1. The zero-order chi connectivity index (χ0) is 74.7. The number of rotatable bonds is 73. The summed E-state index contributed by atoms with van der Waals surface area (Å²) in [5.41, 5.74) is 0. The minimum absolute atomic E-state index is 0.00302. The molecule has 0 aliphatic heterocycles. The molecule has 0 unspecified atom stereocenters. The summed E-state index contributed by atoms with van der Waals surface area (Å²) in [6, 6.07) is 0. The van der Waals surface area contributed by atoms with Gasteiger partial charge in [0.25, 0.3) is 10.5 Å². The summed E-state index contributed by atoms with van der Waals surface area (Å²) in [7, 11) is 8.13. The number of hydrogen-bond acceptors (Lipinski definition) is 14. The van der Waals surface area contributed by atoms with Crippen molar-refractivity contribution in [1.82, 2.24) is 19.6 Å². The molecule has 0 aromatic heterocycles. The number of carbonyl (C=O) groups excluding carboxylic acids is 6. The van der Waals surface area contributed by atoms with E-state index in [4.69, 9.17) is 18.9 Å². The number of carbonyl (C=O) groups is 6. The van der Waals surface area contributed by atoms with Crippen molar-refractivity contribution in [1.29, 1.82) is 0 Å². The summed E-state index contributed by atoms with van der Waals surface area (Å²) in [6.45, 7) is 20.2. The number of nitrogens with zero attached hydrogens (tertiary/aromatic N) is 4. The first-order valence-corrected chi connectivity index (χ1v) is 44.6. The Morgan fingerprint density at radius 2 is 0.574 bits per heavy atom. The fraction of sp³-hybridized carbons (Fsp3) is 0.906. The lowest BCUT2D eigenvalue weighted by atomic mass is 10.0. The van der Waals surface area contributed by atoms with Gasteiger partial charge in [-0.05, 0) is 170 Å². The Labute approximate surface area is 632 Å². The first kappa shape index (κ1) is 100. The largest absolute Gasteiger partial charge is 0.462 e. The molecule has 0 radical (unpaired) electrons. The van der Waals surface area contributed by atoms with Gasteiger partial charge in [-0.3, -0.25) is 28.8 Å². The molecule has 0 saturated carbocycles. The molecule has 0 N–H and O–H groups in total. The topological polar surface area (TPSA) is 152 Å². The van der Waals surface area contributed by atoms with Crippen molar-refractivity contribution in [3.63, 3.8) is 0 Å². The van der Waals surface area contributed by atoms with Gasteiger partial charge in [-0.1, -0.05) is 270 Å². The Morgan fingerprint density at radius 3 is 0.911 bits per heavy atom. The lowest BCUT2D eigenvalue weighted by Gasteiger charge is -2.23. The van der Waals surface area contributed by atoms with Crippen molar-refractivity contribution in [2.24, 2.45) is 0 Å². The van der Waals surface area contributed by atoms with Gasteiger partial charge in [0.2, 0.25) is 0 Å². The zero-order valence-electron chi connectivity index (χ0n) is 68.1. The summed E-state index contributed by atoms with van der Waals surface area (Å²) in [6.07, 6.45) is 61.2. The van der Waals surface area contributed by atoms with E-state index in [0.29, 0.717) is 71.3 Å². The molecule has 0 aromatic carbocycles. The third kappa shape index (κ3) is 72.5. The number of amides is 2. The second kappa shape index (κ2) is 78.3. The van der Waals surface area contributed by atoms with E-state index in [-0.39, 0.29) is 52.7 Å². The van der Waals surface area contributed by atoms with Crippen LogP contribution in [-0.4, -0.2) is 158 Å². The van der Waals surface area contributed by atoms with Gasteiger partial charge < -0.3 is 38.5 Å². The van der Waals surface area contributed by atoms with Crippen LogP contribution in [0.2, 0.25) is 0 Å². The van der Waals surface area contributed by atoms with E-state index < -0.39 is 0 Å². The molecule has 0 atom stereocenters. The SMILES string of the molecule is CCCCCC/C=C\COC(=O)CCCCCN(CCCCCC(=O)OC(CCCCCCC)CCCCCCC)C(=O)SCCN(C)C.CCCCCCCC(CCCCCCC)OC(=O)CCCN(CCCC(=O)OC(CCCCCCC)CCCCCCC)C(=O)SCCCN(C)C. The molecule has 0 spiro atoms. The number of allylic oxidation sites excluding steroid dienone is 1. The molecule has 596 valence electrons. The van der Waals surface area contributed by atoms with Crippen LogP contribution in [0.5, 0.6) is 0 Å². The molecule has 14 nitrogen and oxygen atoms in total. The van der Waals surface area contributed by atoms with Crippen LogP contribution in [-0.2, 0) is 38.1 Å².